The van der Waals surface area contributed by atoms with Gasteiger partial charge in [-0.2, -0.15) is 0 Å². The number of benzene rings is 1. The van der Waals surface area contributed by atoms with Crippen molar-refractivity contribution >= 4 is 5.91 Å². The summed E-state index contributed by atoms with van der Waals surface area (Å²) in [4.78, 5) is 15.4. The van der Waals surface area contributed by atoms with Crippen molar-refractivity contribution in [1.82, 2.24) is 15.1 Å². The number of carbonyl (C=O) groups is 1. The predicted octanol–water partition coefficient (Wildman–Crippen LogP) is 0.267. The number of nitrogens with zero attached hydrogens (tertiary/aromatic N) is 2. The highest BCUT2D eigenvalue weighted by molar-refractivity contribution is 5.77. The molecule has 2 aliphatic rings. The SMILES string of the molecule is CN(C)C(=O)CN1CC[C@@H](NC2Cc3ccccc3C2)[C@H](O)C1. The van der Waals surface area contributed by atoms with E-state index in [0.29, 0.717) is 19.1 Å². The van der Waals surface area contributed by atoms with Gasteiger partial charge in [-0.15, -0.1) is 0 Å². The Bertz CT molecular complexity index is 536. The summed E-state index contributed by atoms with van der Waals surface area (Å²) in [7, 11) is 3.54. The summed E-state index contributed by atoms with van der Waals surface area (Å²) in [5.41, 5.74) is 2.85. The van der Waals surface area contributed by atoms with E-state index >= 15 is 0 Å². The molecule has 0 spiro atoms. The van der Waals surface area contributed by atoms with Crippen molar-refractivity contribution in [3.63, 3.8) is 0 Å². The highest BCUT2D eigenvalue weighted by Crippen LogP contribution is 2.23. The molecule has 0 saturated carbocycles. The lowest BCUT2D eigenvalue weighted by atomic mass is 10.00. The van der Waals surface area contributed by atoms with Crippen LogP contribution in [-0.4, -0.2) is 72.7 Å². The molecule has 5 nitrogen and oxygen atoms in total. The number of aliphatic hydroxyl groups excluding tert-OH is 1. The van der Waals surface area contributed by atoms with Crippen LogP contribution in [0.25, 0.3) is 0 Å². The fourth-order valence-corrected chi connectivity index (χ4v) is 3.65. The minimum Gasteiger partial charge on any atom is -0.390 e. The van der Waals surface area contributed by atoms with Crippen molar-refractivity contribution < 1.29 is 9.90 Å². The maximum atomic E-state index is 11.8. The van der Waals surface area contributed by atoms with Gasteiger partial charge >= 0.3 is 0 Å². The molecule has 1 aromatic carbocycles. The quantitative estimate of drug-likeness (QED) is 0.837. The van der Waals surface area contributed by atoms with Crippen molar-refractivity contribution in [3.05, 3.63) is 35.4 Å². The molecule has 5 heteroatoms. The zero-order valence-electron chi connectivity index (χ0n) is 14.0. The van der Waals surface area contributed by atoms with Gasteiger partial charge in [0.25, 0.3) is 0 Å². The largest absolute Gasteiger partial charge is 0.390 e. The number of nitrogens with one attached hydrogen (secondary N) is 1. The lowest BCUT2D eigenvalue weighted by Crippen LogP contribution is -2.56. The Morgan fingerprint density at radius 3 is 2.52 bits per heavy atom. The van der Waals surface area contributed by atoms with Crippen molar-refractivity contribution in [2.45, 2.75) is 37.5 Å². The number of aliphatic hydroxyl groups is 1. The van der Waals surface area contributed by atoms with Crippen LogP contribution in [0.1, 0.15) is 17.5 Å². The molecule has 1 heterocycles. The van der Waals surface area contributed by atoms with Gasteiger partial charge in [0.05, 0.1) is 12.6 Å². The second kappa shape index (κ2) is 6.99. The number of hydrogen-bond donors (Lipinski definition) is 2. The number of amides is 1. The molecule has 0 aromatic heterocycles. The van der Waals surface area contributed by atoms with E-state index in [9.17, 15) is 9.90 Å². The van der Waals surface area contributed by atoms with Crippen LogP contribution in [-0.2, 0) is 17.6 Å². The Balaban J connectivity index is 1.49. The number of likely N-dealkylation sites (N-methyl/N-ethyl adjacent to an activating group) is 1. The Hall–Kier alpha value is -1.43. The van der Waals surface area contributed by atoms with Gasteiger partial charge in [0.1, 0.15) is 0 Å². The summed E-state index contributed by atoms with van der Waals surface area (Å²) in [5.74, 6) is 0.0925. The molecule has 1 amide bonds. The van der Waals surface area contributed by atoms with E-state index in [4.69, 9.17) is 0 Å². The standard InChI is InChI=1S/C18H27N3O2/c1-20(2)18(23)12-21-8-7-16(17(22)11-21)19-15-9-13-5-3-4-6-14(13)10-15/h3-6,15-17,19,22H,7-12H2,1-2H3/t16-,17-/m1/s1. The number of likely N-dealkylation sites (tertiary alicyclic amines) is 1. The molecule has 1 aliphatic heterocycles. The number of rotatable bonds is 4. The zero-order valence-corrected chi connectivity index (χ0v) is 14.0. The Labute approximate surface area is 138 Å². The molecule has 1 saturated heterocycles. The van der Waals surface area contributed by atoms with Crippen LogP contribution in [0, 0.1) is 0 Å². The average molecular weight is 317 g/mol. The van der Waals surface area contributed by atoms with Gasteiger partial charge in [-0.3, -0.25) is 9.69 Å². The fourth-order valence-electron chi connectivity index (χ4n) is 3.65. The van der Waals surface area contributed by atoms with E-state index in [1.54, 1.807) is 19.0 Å². The smallest absolute Gasteiger partial charge is 0.236 e. The number of carbonyl (C=O) groups excluding carboxylic acids is 1. The normalized spacial score (nSPS) is 25.3. The maximum absolute atomic E-state index is 11.8. The molecule has 2 N–H and O–H groups in total. The van der Waals surface area contributed by atoms with Crippen LogP contribution < -0.4 is 5.32 Å². The van der Waals surface area contributed by atoms with Gasteiger partial charge in [-0.1, -0.05) is 24.3 Å². The molecule has 23 heavy (non-hydrogen) atoms. The van der Waals surface area contributed by atoms with Gasteiger partial charge in [-0.25, -0.2) is 0 Å². The fraction of sp³-hybridized carbons (Fsp3) is 0.611. The molecule has 1 fully saturated rings. The van der Waals surface area contributed by atoms with Crippen LogP contribution >= 0.6 is 0 Å². The highest BCUT2D eigenvalue weighted by atomic mass is 16.3. The lowest BCUT2D eigenvalue weighted by molar-refractivity contribution is -0.130. The molecule has 3 rings (SSSR count). The van der Waals surface area contributed by atoms with Crippen molar-refractivity contribution in [1.29, 1.82) is 0 Å². The molecule has 0 bridgehead atoms. The third kappa shape index (κ3) is 3.91. The van der Waals surface area contributed by atoms with E-state index in [2.05, 4.69) is 34.5 Å². The van der Waals surface area contributed by atoms with E-state index in [0.717, 1.165) is 25.8 Å². The zero-order chi connectivity index (χ0) is 16.4. The number of fused-ring (bicyclic) bond motifs is 1. The summed E-state index contributed by atoms with van der Waals surface area (Å²) in [5, 5.41) is 14.1. The first-order chi connectivity index (χ1) is 11.0. The van der Waals surface area contributed by atoms with Crippen LogP contribution in [0.3, 0.4) is 0 Å². The molecular formula is C18H27N3O2. The molecule has 2 atom stereocenters. The van der Waals surface area contributed by atoms with Crippen molar-refractivity contribution in [2.24, 2.45) is 0 Å². The summed E-state index contributed by atoms with van der Waals surface area (Å²) in [6, 6.07) is 9.13. The van der Waals surface area contributed by atoms with E-state index < -0.39 is 6.10 Å². The van der Waals surface area contributed by atoms with E-state index in [-0.39, 0.29) is 11.9 Å². The van der Waals surface area contributed by atoms with Crippen LogP contribution in [0.4, 0.5) is 0 Å². The third-order valence-corrected chi connectivity index (χ3v) is 5.02. The topological polar surface area (TPSA) is 55.8 Å². The first-order valence-electron chi connectivity index (χ1n) is 8.46. The van der Waals surface area contributed by atoms with E-state index in [1.807, 2.05) is 0 Å². The summed E-state index contributed by atoms with van der Waals surface area (Å²) < 4.78 is 0. The van der Waals surface area contributed by atoms with Gasteiger partial charge in [0, 0.05) is 39.3 Å². The maximum Gasteiger partial charge on any atom is 0.236 e. The third-order valence-electron chi connectivity index (χ3n) is 5.02. The average Bonchev–Trinajstić information content (AvgIpc) is 2.92. The molecular weight excluding hydrogens is 290 g/mol. The molecule has 1 aliphatic carbocycles. The lowest BCUT2D eigenvalue weighted by Gasteiger charge is -2.37. The van der Waals surface area contributed by atoms with Crippen LogP contribution in [0.15, 0.2) is 24.3 Å². The second-order valence-electron chi connectivity index (χ2n) is 7.03. The minimum atomic E-state index is -0.414. The van der Waals surface area contributed by atoms with Gasteiger partial charge < -0.3 is 15.3 Å². The van der Waals surface area contributed by atoms with Gasteiger partial charge in [0.2, 0.25) is 5.91 Å². The minimum absolute atomic E-state index is 0.0925. The highest BCUT2D eigenvalue weighted by Gasteiger charge is 2.31. The van der Waals surface area contributed by atoms with Crippen molar-refractivity contribution in [3.8, 4) is 0 Å². The van der Waals surface area contributed by atoms with Crippen LogP contribution in [0.5, 0.6) is 0 Å². The first kappa shape index (κ1) is 16.4. The summed E-state index contributed by atoms with van der Waals surface area (Å²) >= 11 is 0. The van der Waals surface area contributed by atoms with Gasteiger partial charge in [-0.05, 0) is 30.4 Å². The predicted molar refractivity (Wildman–Crippen MR) is 90.3 cm³/mol. The van der Waals surface area contributed by atoms with E-state index in [1.165, 1.54) is 11.1 Å². The number of β-amino-alcohol motifs (C(OH)–C–C–N with tert-alkyl or cyclic N) is 1. The molecule has 1 aromatic rings. The Morgan fingerprint density at radius 2 is 1.96 bits per heavy atom. The number of piperidine rings is 1. The Morgan fingerprint density at radius 1 is 1.30 bits per heavy atom. The van der Waals surface area contributed by atoms with Crippen LogP contribution in [0.2, 0.25) is 0 Å². The monoisotopic (exact) mass is 317 g/mol. The van der Waals surface area contributed by atoms with Gasteiger partial charge in [0.15, 0.2) is 0 Å². The summed E-state index contributed by atoms with van der Waals surface area (Å²) in [6.07, 6.45) is 2.56. The first-order valence-corrected chi connectivity index (χ1v) is 8.46. The molecule has 0 radical (unpaired) electrons. The molecule has 126 valence electrons. The Kier molecular flexibility index (Phi) is 4.99. The second-order valence-corrected chi connectivity index (χ2v) is 7.03. The van der Waals surface area contributed by atoms with Crippen molar-refractivity contribution in [2.75, 3.05) is 33.7 Å². The summed E-state index contributed by atoms with van der Waals surface area (Å²) in [6.45, 7) is 1.82. The molecule has 0 unspecified atom stereocenters. The number of hydrogen-bond acceptors (Lipinski definition) is 4.